The average molecular weight is 311 g/mol. The molecule has 0 spiro atoms. The van der Waals surface area contributed by atoms with Crippen LogP contribution in [0.3, 0.4) is 0 Å². The summed E-state index contributed by atoms with van der Waals surface area (Å²) >= 11 is 3.42. The summed E-state index contributed by atoms with van der Waals surface area (Å²) in [6.07, 6.45) is 2.84. The molecule has 2 rings (SSSR count). The number of hydrogen-bond donors (Lipinski definition) is 2. The van der Waals surface area contributed by atoms with Gasteiger partial charge in [-0.15, -0.1) is 0 Å². The minimum atomic E-state index is -0.431. The van der Waals surface area contributed by atoms with Crippen molar-refractivity contribution in [1.29, 1.82) is 0 Å². The van der Waals surface area contributed by atoms with Crippen molar-refractivity contribution >= 4 is 27.5 Å². The van der Waals surface area contributed by atoms with E-state index >= 15 is 0 Å². The first-order valence-corrected chi connectivity index (χ1v) is 7.06. The van der Waals surface area contributed by atoms with E-state index in [1.807, 2.05) is 32.0 Å². The van der Waals surface area contributed by atoms with Gasteiger partial charge in [0.25, 0.3) is 0 Å². The van der Waals surface area contributed by atoms with Crippen LogP contribution in [-0.2, 0) is 4.79 Å². The summed E-state index contributed by atoms with van der Waals surface area (Å²) < 4.78 is 1.02. The molecule has 1 aromatic rings. The lowest BCUT2D eigenvalue weighted by Crippen LogP contribution is -2.44. The monoisotopic (exact) mass is 310 g/mol. The Morgan fingerprint density at radius 3 is 2.83 bits per heavy atom. The number of nitrogens with two attached hydrogens (primary N) is 1. The molecule has 1 aromatic carbocycles. The number of carbonyl (C=O) groups excluding carboxylic acids is 1. The highest BCUT2D eigenvalue weighted by atomic mass is 79.9. The molecule has 2 atom stereocenters. The van der Waals surface area contributed by atoms with Crippen molar-refractivity contribution in [1.82, 2.24) is 0 Å². The van der Waals surface area contributed by atoms with Crippen molar-refractivity contribution in [2.45, 2.75) is 39.2 Å². The standard InChI is InChI=1S/C14H19BrN2O/c1-9-8-10(15)5-6-11(9)17-13(18)14(2)7-3-4-12(14)16/h5-6,8,12H,3-4,7,16H2,1-2H3,(H,17,18). The lowest BCUT2D eigenvalue weighted by molar-refractivity contribution is -0.125. The summed E-state index contributed by atoms with van der Waals surface area (Å²) in [6, 6.07) is 5.81. The highest BCUT2D eigenvalue weighted by molar-refractivity contribution is 9.10. The summed E-state index contributed by atoms with van der Waals surface area (Å²) in [5.41, 5.74) is 7.54. The fraction of sp³-hybridized carbons (Fsp3) is 0.500. The van der Waals surface area contributed by atoms with Crippen LogP contribution < -0.4 is 11.1 Å². The molecule has 2 unspecified atom stereocenters. The van der Waals surface area contributed by atoms with E-state index in [1.54, 1.807) is 0 Å². The van der Waals surface area contributed by atoms with Gasteiger partial charge in [-0.05, 0) is 50.5 Å². The summed E-state index contributed by atoms with van der Waals surface area (Å²) in [7, 11) is 0. The molecule has 3 N–H and O–H groups in total. The third-order valence-electron chi connectivity index (χ3n) is 3.98. The number of carbonyl (C=O) groups is 1. The first-order valence-electron chi connectivity index (χ1n) is 6.26. The zero-order valence-electron chi connectivity index (χ0n) is 10.8. The Morgan fingerprint density at radius 1 is 1.56 bits per heavy atom. The summed E-state index contributed by atoms with van der Waals surface area (Å²) in [6.45, 7) is 3.95. The van der Waals surface area contributed by atoms with Gasteiger partial charge in [-0.3, -0.25) is 4.79 Å². The number of rotatable bonds is 2. The van der Waals surface area contributed by atoms with Gasteiger partial charge < -0.3 is 11.1 Å². The average Bonchev–Trinajstić information content (AvgIpc) is 2.64. The molecule has 0 bridgehead atoms. The van der Waals surface area contributed by atoms with Gasteiger partial charge in [-0.25, -0.2) is 0 Å². The van der Waals surface area contributed by atoms with Crippen molar-refractivity contribution in [2.75, 3.05) is 5.32 Å². The molecule has 1 aliphatic carbocycles. The van der Waals surface area contributed by atoms with Crippen LogP contribution in [0.4, 0.5) is 5.69 Å². The Bertz CT molecular complexity index is 475. The molecule has 0 aromatic heterocycles. The fourth-order valence-electron chi connectivity index (χ4n) is 2.51. The second kappa shape index (κ2) is 5.02. The normalized spacial score (nSPS) is 27.2. The van der Waals surface area contributed by atoms with Crippen LogP contribution in [0.15, 0.2) is 22.7 Å². The molecule has 0 radical (unpaired) electrons. The predicted molar refractivity (Wildman–Crippen MR) is 77.4 cm³/mol. The van der Waals surface area contributed by atoms with Crippen molar-refractivity contribution in [3.05, 3.63) is 28.2 Å². The largest absolute Gasteiger partial charge is 0.327 e. The van der Waals surface area contributed by atoms with Crippen LogP contribution in [-0.4, -0.2) is 11.9 Å². The highest BCUT2D eigenvalue weighted by Crippen LogP contribution is 2.38. The molecule has 1 amide bonds. The first-order chi connectivity index (χ1) is 8.43. The van der Waals surface area contributed by atoms with Crippen LogP contribution in [0.2, 0.25) is 0 Å². The van der Waals surface area contributed by atoms with Gasteiger partial charge in [0.1, 0.15) is 0 Å². The van der Waals surface area contributed by atoms with Gasteiger partial charge in [-0.2, -0.15) is 0 Å². The van der Waals surface area contributed by atoms with Crippen LogP contribution in [0.5, 0.6) is 0 Å². The molecule has 4 heteroatoms. The summed E-state index contributed by atoms with van der Waals surface area (Å²) in [5.74, 6) is 0.0397. The molecule has 1 saturated carbocycles. The highest BCUT2D eigenvalue weighted by Gasteiger charge is 2.42. The molecule has 18 heavy (non-hydrogen) atoms. The molecule has 0 saturated heterocycles. The van der Waals surface area contributed by atoms with Gasteiger partial charge in [0.2, 0.25) is 5.91 Å². The van der Waals surface area contributed by atoms with Gasteiger partial charge in [0, 0.05) is 16.2 Å². The molecule has 0 aliphatic heterocycles. The topological polar surface area (TPSA) is 55.1 Å². The number of anilines is 1. The molecular formula is C14H19BrN2O. The third-order valence-corrected chi connectivity index (χ3v) is 4.48. The van der Waals surface area contributed by atoms with Crippen molar-refractivity contribution < 1.29 is 4.79 Å². The second-order valence-electron chi connectivity index (χ2n) is 5.33. The van der Waals surface area contributed by atoms with Crippen LogP contribution in [0.1, 0.15) is 31.7 Å². The first kappa shape index (κ1) is 13.6. The fourth-order valence-corrected chi connectivity index (χ4v) is 2.98. The number of halogens is 1. The van der Waals surface area contributed by atoms with Gasteiger partial charge in [0.15, 0.2) is 0 Å². The summed E-state index contributed by atoms with van der Waals surface area (Å²) in [5, 5.41) is 3.01. The molecule has 1 fully saturated rings. The second-order valence-corrected chi connectivity index (χ2v) is 6.25. The number of amides is 1. The molecule has 1 aliphatic rings. The van der Waals surface area contributed by atoms with Gasteiger partial charge in [0.05, 0.1) is 5.41 Å². The minimum Gasteiger partial charge on any atom is -0.327 e. The van der Waals surface area contributed by atoms with Crippen molar-refractivity contribution in [2.24, 2.45) is 11.1 Å². The molecule has 0 heterocycles. The van der Waals surface area contributed by atoms with Crippen LogP contribution in [0.25, 0.3) is 0 Å². The van der Waals surface area contributed by atoms with E-state index in [2.05, 4.69) is 21.2 Å². The molecule has 3 nitrogen and oxygen atoms in total. The Morgan fingerprint density at radius 2 is 2.28 bits per heavy atom. The van der Waals surface area contributed by atoms with E-state index in [-0.39, 0.29) is 11.9 Å². The quantitative estimate of drug-likeness (QED) is 0.881. The maximum absolute atomic E-state index is 12.4. The van der Waals surface area contributed by atoms with E-state index in [1.165, 1.54) is 0 Å². The van der Waals surface area contributed by atoms with Gasteiger partial charge >= 0.3 is 0 Å². The van der Waals surface area contributed by atoms with E-state index in [0.717, 1.165) is 35.0 Å². The predicted octanol–water partition coefficient (Wildman–Crippen LogP) is 3.21. The van der Waals surface area contributed by atoms with E-state index in [0.29, 0.717) is 0 Å². The number of aryl methyl sites for hydroxylation is 1. The smallest absolute Gasteiger partial charge is 0.231 e. The number of hydrogen-bond acceptors (Lipinski definition) is 2. The Labute approximate surface area is 116 Å². The lowest BCUT2D eigenvalue weighted by Gasteiger charge is -2.27. The van der Waals surface area contributed by atoms with E-state index < -0.39 is 5.41 Å². The molecular weight excluding hydrogens is 292 g/mol. The van der Waals surface area contributed by atoms with E-state index in [9.17, 15) is 4.79 Å². The van der Waals surface area contributed by atoms with Crippen LogP contribution >= 0.6 is 15.9 Å². The number of nitrogens with one attached hydrogen (secondary N) is 1. The lowest BCUT2D eigenvalue weighted by atomic mass is 9.84. The number of benzene rings is 1. The van der Waals surface area contributed by atoms with Crippen molar-refractivity contribution in [3.63, 3.8) is 0 Å². The Hall–Kier alpha value is -0.870. The zero-order valence-corrected chi connectivity index (χ0v) is 12.4. The van der Waals surface area contributed by atoms with E-state index in [4.69, 9.17) is 5.73 Å². The SMILES string of the molecule is Cc1cc(Br)ccc1NC(=O)C1(C)CCCC1N. The maximum atomic E-state index is 12.4. The van der Waals surface area contributed by atoms with Gasteiger partial charge in [-0.1, -0.05) is 22.4 Å². The Balaban J connectivity index is 2.16. The zero-order chi connectivity index (χ0) is 13.3. The minimum absolute atomic E-state index is 0.0340. The van der Waals surface area contributed by atoms with Crippen molar-refractivity contribution in [3.8, 4) is 0 Å². The van der Waals surface area contributed by atoms with Crippen LogP contribution in [0, 0.1) is 12.3 Å². The maximum Gasteiger partial charge on any atom is 0.231 e. The third kappa shape index (κ3) is 2.45. The summed E-state index contributed by atoms with van der Waals surface area (Å²) in [4.78, 5) is 12.4. The Kier molecular flexibility index (Phi) is 3.78. The molecule has 98 valence electrons.